The monoisotopic (exact) mass is 404 g/mol. The molecule has 0 bridgehead atoms. The molecule has 0 unspecified atom stereocenters. The zero-order valence-electron chi connectivity index (χ0n) is 14.0. The van der Waals surface area contributed by atoms with Crippen LogP contribution >= 0.6 is 35.4 Å². The number of thiocarbonyl (C=S) groups is 1. The number of nitrogens with zero attached hydrogens (tertiary/aromatic N) is 1. The van der Waals surface area contributed by atoms with Gasteiger partial charge in [-0.3, -0.25) is 0 Å². The van der Waals surface area contributed by atoms with Gasteiger partial charge in [-0.15, -0.1) is 0 Å². The maximum absolute atomic E-state index is 6.34. The molecule has 26 heavy (non-hydrogen) atoms. The maximum Gasteiger partial charge on any atom is 0.169 e. The van der Waals surface area contributed by atoms with Crippen molar-refractivity contribution in [2.24, 2.45) is 0 Å². The van der Waals surface area contributed by atoms with Crippen LogP contribution in [0.15, 0.2) is 71.3 Å². The van der Waals surface area contributed by atoms with Crippen molar-refractivity contribution in [3.8, 4) is 0 Å². The Labute approximate surface area is 168 Å². The number of benzene rings is 2. The summed E-state index contributed by atoms with van der Waals surface area (Å²) in [6, 6.07) is 19.4. The van der Waals surface area contributed by atoms with Gasteiger partial charge in [0.1, 0.15) is 5.76 Å². The Morgan fingerprint density at radius 2 is 1.81 bits per heavy atom. The Morgan fingerprint density at radius 1 is 1.00 bits per heavy atom. The number of furan rings is 1. The molecule has 0 amide bonds. The summed E-state index contributed by atoms with van der Waals surface area (Å²) in [4.78, 5) is 2.06. The summed E-state index contributed by atoms with van der Waals surface area (Å²) in [5.74, 6) is 0.827. The van der Waals surface area contributed by atoms with Gasteiger partial charge in [0.25, 0.3) is 0 Å². The average Bonchev–Trinajstić information content (AvgIpc) is 3.16. The third-order valence-corrected chi connectivity index (χ3v) is 4.87. The van der Waals surface area contributed by atoms with E-state index in [0.29, 0.717) is 34.8 Å². The Bertz CT molecular complexity index is 854. The lowest BCUT2D eigenvalue weighted by molar-refractivity contribution is 0.395. The van der Waals surface area contributed by atoms with Gasteiger partial charge in [0.05, 0.1) is 12.8 Å². The van der Waals surface area contributed by atoms with E-state index in [-0.39, 0.29) is 0 Å². The Hall–Kier alpha value is -2.01. The van der Waals surface area contributed by atoms with Crippen molar-refractivity contribution in [3.63, 3.8) is 0 Å². The maximum atomic E-state index is 6.34. The van der Waals surface area contributed by atoms with Gasteiger partial charge in [-0.2, -0.15) is 0 Å². The average molecular weight is 405 g/mol. The summed E-state index contributed by atoms with van der Waals surface area (Å²) < 4.78 is 5.36. The lowest BCUT2D eigenvalue weighted by Gasteiger charge is -2.26. The second-order valence-electron chi connectivity index (χ2n) is 5.82. The van der Waals surface area contributed by atoms with Crippen molar-refractivity contribution >= 4 is 40.5 Å². The molecule has 3 aromatic rings. The van der Waals surface area contributed by atoms with E-state index in [0.717, 1.165) is 16.9 Å². The summed E-state index contributed by atoms with van der Waals surface area (Å²) in [6.07, 6.45) is 1.65. The fourth-order valence-electron chi connectivity index (χ4n) is 2.56. The first-order valence-corrected chi connectivity index (χ1v) is 9.31. The quantitative estimate of drug-likeness (QED) is 0.536. The summed E-state index contributed by atoms with van der Waals surface area (Å²) in [6.45, 7) is 1.74. The number of nitrogens with one attached hydrogen (secondary N) is 1. The lowest BCUT2D eigenvalue weighted by Crippen LogP contribution is -2.38. The van der Waals surface area contributed by atoms with Gasteiger partial charge in [-0.25, -0.2) is 0 Å². The van der Waals surface area contributed by atoms with Crippen LogP contribution in [-0.4, -0.2) is 10.0 Å². The highest BCUT2D eigenvalue weighted by molar-refractivity contribution is 7.80. The van der Waals surface area contributed by atoms with Crippen LogP contribution in [0.25, 0.3) is 0 Å². The van der Waals surface area contributed by atoms with Crippen molar-refractivity contribution in [1.82, 2.24) is 10.2 Å². The van der Waals surface area contributed by atoms with Gasteiger partial charge in [0.2, 0.25) is 0 Å². The molecule has 3 nitrogen and oxygen atoms in total. The Balaban J connectivity index is 1.76. The van der Waals surface area contributed by atoms with E-state index in [1.54, 1.807) is 18.4 Å². The highest BCUT2D eigenvalue weighted by Crippen LogP contribution is 2.23. The fraction of sp³-hybridized carbons (Fsp3) is 0.150. The molecule has 134 valence electrons. The molecule has 0 aliphatic carbocycles. The fourth-order valence-corrected chi connectivity index (χ4v) is 3.13. The van der Waals surface area contributed by atoms with Crippen LogP contribution in [0, 0.1) is 0 Å². The molecule has 1 heterocycles. The molecule has 0 spiro atoms. The van der Waals surface area contributed by atoms with Crippen LogP contribution in [0.4, 0.5) is 0 Å². The molecular formula is C20H18Cl2N2OS. The van der Waals surface area contributed by atoms with Gasteiger partial charge < -0.3 is 14.6 Å². The second kappa shape index (κ2) is 9.08. The third-order valence-electron chi connectivity index (χ3n) is 3.87. The van der Waals surface area contributed by atoms with Crippen molar-refractivity contribution in [1.29, 1.82) is 0 Å². The molecule has 2 aromatic carbocycles. The molecule has 0 saturated carbocycles. The Morgan fingerprint density at radius 3 is 2.54 bits per heavy atom. The van der Waals surface area contributed by atoms with Crippen molar-refractivity contribution < 1.29 is 4.42 Å². The molecule has 6 heteroatoms. The third kappa shape index (κ3) is 5.24. The largest absolute Gasteiger partial charge is 0.467 e. The zero-order valence-corrected chi connectivity index (χ0v) is 16.3. The van der Waals surface area contributed by atoms with E-state index in [4.69, 9.17) is 39.8 Å². The van der Waals surface area contributed by atoms with Crippen LogP contribution in [0.3, 0.4) is 0 Å². The topological polar surface area (TPSA) is 28.4 Å². The van der Waals surface area contributed by atoms with Gasteiger partial charge in [-0.05, 0) is 53.7 Å². The smallest absolute Gasteiger partial charge is 0.169 e. The minimum absolute atomic E-state index is 0.528. The first-order valence-electron chi connectivity index (χ1n) is 8.15. The molecular weight excluding hydrogens is 387 g/mol. The molecule has 0 atom stereocenters. The Kier molecular flexibility index (Phi) is 6.56. The molecule has 1 N–H and O–H groups in total. The summed E-state index contributed by atoms with van der Waals surface area (Å²) in [5, 5.41) is 5.19. The molecule has 0 saturated heterocycles. The lowest BCUT2D eigenvalue weighted by atomic mass is 10.1. The standard InChI is InChI=1S/C20H18Cl2N2OS/c21-17-8-9-19(22)16(11-17)14-24(13-15-5-2-1-3-6-15)20(26)23-12-18-7-4-10-25-18/h1-11H,12-14H2,(H,23,26). The van der Waals surface area contributed by atoms with E-state index < -0.39 is 0 Å². The molecule has 0 aliphatic heterocycles. The predicted octanol–water partition coefficient (Wildman–Crippen LogP) is 5.66. The first-order chi connectivity index (χ1) is 12.6. The van der Waals surface area contributed by atoms with Crippen molar-refractivity contribution in [2.75, 3.05) is 0 Å². The minimum atomic E-state index is 0.528. The van der Waals surface area contributed by atoms with Crippen LogP contribution < -0.4 is 5.32 Å². The van der Waals surface area contributed by atoms with E-state index in [2.05, 4.69) is 22.3 Å². The highest BCUT2D eigenvalue weighted by Gasteiger charge is 2.14. The van der Waals surface area contributed by atoms with Crippen LogP contribution in [0.2, 0.25) is 10.0 Å². The number of hydrogen-bond donors (Lipinski definition) is 1. The van der Waals surface area contributed by atoms with E-state index >= 15 is 0 Å². The number of halogens is 2. The first kappa shape index (κ1) is 18.8. The van der Waals surface area contributed by atoms with Crippen LogP contribution in [0.5, 0.6) is 0 Å². The van der Waals surface area contributed by atoms with Crippen LogP contribution in [0.1, 0.15) is 16.9 Å². The summed E-state index contributed by atoms with van der Waals surface area (Å²) in [7, 11) is 0. The van der Waals surface area contributed by atoms with Crippen molar-refractivity contribution in [2.45, 2.75) is 19.6 Å². The van der Waals surface area contributed by atoms with E-state index in [1.807, 2.05) is 36.4 Å². The normalized spacial score (nSPS) is 10.5. The number of rotatable bonds is 6. The highest BCUT2D eigenvalue weighted by atomic mass is 35.5. The minimum Gasteiger partial charge on any atom is -0.467 e. The summed E-state index contributed by atoms with van der Waals surface area (Å²) in [5.41, 5.74) is 2.09. The van der Waals surface area contributed by atoms with Gasteiger partial charge in [0.15, 0.2) is 5.11 Å². The summed E-state index contributed by atoms with van der Waals surface area (Å²) >= 11 is 18.1. The van der Waals surface area contributed by atoms with Gasteiger partial charge in [0, 0.05) is 23.1 Å². The molecule has 1 aromatic heterocycles. The molecule has 0 aliphatic rings. The second-order valence-corrected chi connectivity index (χ2v) is 7.05. The molecule has 0 fully saturated rings. The van der Waals surface area contributed by atoms with E-state index in [9.17, 15) is 0 Å². The molecule has 3 rings (SSSR count). The number of hydrogen-bond acceptors (Lipinski definition) is 2. The van der Waals surface area contributed by atoms with Gasteiger partial charge in [-0.1, -0.05) is 53.5 Å². The van der Waals surface area contributed by atoms with E-state index in [1.165, 1.54) is 0 Å². The van der Waals surface area contributed by atoms with Gasteiger partial charge >= 0.3 is 0 Å². The molecule has 0 radical (unpaired) electrons. The van der Waals surface area contributed by atoms with Crippen molar-refractivity contribution in [3.05, 3.63) is 93.9 Å². The van der Waals surface area contributed by atoms with Crippen LogP contribution in [-0.2, 0) is 19.6 Å². The zero-order chi connectivity index (χ0) is 18.4. The SMILES string of the molecule is S=C(NCc1ccco1)N(Cc1ccccc1)Cc1cc(Cl)ccc1Cl. The predicted molar refractivity (Wildman–Crippen MR) is 110 cm³/mol.